The summed E-state index contributed by atoms with van der Waals surface area (Å²) in [5.74, 6) is -1.44. The highest BCUT2D eigenvalue weighted by atomic mass is 79.9. The number of halogens is 5. The van der Waals surface area contributed by atoms with E-state index < -0.39 is 21.7 Å². The second-order valence-electron chi connectivity index (χ2n) is 5.04. The van der Waals surface area contributed by atoms with E-state index in [1.54, 1.807) is 18.2 Å². The van der Waals surface area contributed by atoms with Gasteiger partial charge in [-0.15, -0.1) is 0 Å². The van der Waals surface area contributed by atoms with E-state index in [0.29, 0.717) is 5.69 Å². The van der Waals surface area contributed by atoms with Gasteiger partial charge in [0, 0.05) is 10.2 Å². The number of benzene rings is 2. The van der Waals surface area contributed by atoms with Crippen LogP contribution in [-0.2, 0) is 0 Å². The molecule has 10 heteroatoms. The molecule has 0 bridgehead atoms. The summed E-state index contributed by atoms with van der Waals surface area (Å²) < 4.78 is 12.7. The Kier molecular flexibility index (Phi) is 7.49. The summed E-state index contributed by atoms with van der Waals surface area (Å²) in [5, 5.41) is 8.12. The van der Waals surface area contributed by atoms with Gasteiger partial charge < -0.3 is 16.0 Å². The van der Waals surface area contributed by atoms with Crippen LogP contribution in [0.15, 0.2) is 53.0 Å². The normalized spacial score (nSPS) is 12.2. The molecule has 4 nitrogen and oxygen atoms in total. The van der Waals surface area contributed by atoms with Crippen LogP contribution in [0.4, 0.5) is 10.1 Å². The van der Waals surface area contributed by atoms with Crippen molar-refractivity contribution in [3.63, 3.8) is 0 Å². The standard InChI is InChI=1S/C16H12BrCl3FN3OS/c17-9-4-3-5-10(8-9)22-15(26)24-14(16(18,19)20)23-13(25)11-6-1-2-7-12(11)21/h1-8,14H,(H,23,25)(H2,22,24,26)/t14-/m0/s1. The van der Waals surface area contributed by atoms with Crippen LogP contribution in [0, 0.1) is 5.82 Å². The van der Waals surface area contributed by atoms with Crippen LogP contribution in [0.3, 0.4) is 0 Å². The highest BCUT2D eigenvalue weighted by molar-refractivity contribution is 9.10. The summed E-state index contributed by atoms with van der Waals surface area (Å²) >= 11 is 26.2. The quantitative estimate of drug-likeness (QED) is 0.315. The Morgan fingerprint density at radius 2 is 1.81 bits per heavy atom. The van der Waals surface area contributed by atoms with Crippen LogP contribution >= 0.6 is 63.0 Å². The monoisotopic (exact) mass is 497 g/mol. The van der Waals surface area contributed by atoms with Gasteiger partial charge in [-0.3, -0.25) is 4.79 Å². The van der Waals surface area contributed by atoms with E-state index in [9.17, 15) is 9.18 Å². The molecule has 2 rings (SSSR count). The number of carbonyl (C=O) groups excluding carboxylic acids is 1. The van der Waals surface area contributed by atoms with E-state index in [0.717, 1.165) is 10.5 Å². The van der Waals surface area contributed by atoms with E-state index in [2.05, 4.69) is 31.9 Å². The van der Waals surface area contributed by atoms with Crippen molar-refractivity contribution in [1.29, 1.82) is 0 Å². The minimum Gasteiger partial charge on any atom is -0.339 e. The van der Waals surface area contributed by atoms with Gasteiger partial charge in [0.1, 0.15) is 12.0 Å². The Morgan fingerprint density at radius 1 is 1.12 bits per heavy atom. The molecule has 2 aromatic carbocycles. The average molecular weight is 500 g/mol. The molecule has 3 N–H and O–H groups in total. The van der Waals surface area contributed by atoms with Crippen molar-refractivity contribution in [2.75, 3.05) is 5.32 Å². The Bertz CT molecular complexity index is 819. The highest BCUT2D eigenvalue weighted by Crippen LogP contribution is 2.29. The molecular weight excluding hydrogens is 488 g/mol. The van der Waals surface area contributed by atoms with Crippen molar-refractivity contribution in [1.82, 2.24) is 10.6 Å². The van der Waals surface area contributed by atoms with Gasteiger partial charge in [-0.25, -0.2) is 4.39 Å². The van der Waals surface area contributed by atoms with Gasteiger partial charge in [-0.05, 0) is 42.5 Å². The third kappa shape index (κ3) is 6.25. The number of nitrogens with one attached hydrogen (secondary N) is 3. The number of hydrogen-bond acceptors (Lipinski definition) is 2. The number of thiocarbonyl (C=S) groups is 1. The van der Waals surface area contributed by atoms with Crippen LogP contribution in [0.5, 0.6) is 0 Å². The Balaban J connectivity index is 2.09. The third-order valence-electron chi connectivity index (χ3n) is 3.08. The largest absolute Gasteiger partial charge is 0.339 e. The van der Waals surface area contributed by atoms with Gasteiger partial charge >= 0.3 is 0 Å². The molecule has 1 atom stereocenters. The summed E-state index contributed by atoms with van der Waals surface area (Å²) in [4.78, 5) is 12.3. The van der Waals surface area contributed by atoms with Crippen molar-refractivity contribution in [2.24, 2.45) is 0 Å². The highest BCUT2D eigenvalue weighted by Gasteiger charge is 2.35. The first-order chi connectivity index (χ1) is 12.2. The minimum atomic E-state index is -1.94. The second-order valence-corrected chi connectivity index (χ2v) is 8.73. The Morgan fingerprint density at radius 3 is 2.42 bits per heavy atom. The lowest BCUT2D eigenvalue weighted by atomic mass is 10.2. The van der Waals surface area contributed by atoms with Crippen LogP contribution in [0.1, 0.15) is 10.4 Å². The van der Waals surface area contributed by atoms with Gasteiger partial charge in [0.25, 0.3) is 5.91 Å². The van der Waals surface area contributed by atoms with Crippen molar-refractivity contribution >= 4 is 79.7 Å². The van der Waals surface area contributed by atoms with Crippen LogP contribution < -0.4 is 16.0 Å². The zero-order valence-corrected chi connectivity index (χ0v) is 17.6. The van der Waals surface area contributed by atoms with Gasteiger partial charge in [-0.1, -0.05) is 68.9 Å². The van der Waals surface area contributed by atoms with Crippen LogP contribution in [0.25, 0.3) is 0 Å². The molecule has 0 heterocycles. The number of amides is 1. The SMILES string of the molecule is O=C(N[C@@H](NC(=S)Nc1cccc(Br)c1)C(Cl)(Cl)Cl)c1ccccc1F. The maximum Gasteiger partial charge on any atom is 0.255 e. The molecule has 138 valence electrons. The molecule has 0 radical (unpaired) electrons. The molecule has 0 aromatic heterocycles. The van der Waals surface area contributed by atoms with E-state index in [4.69, 9.17) is 47.0 Å². The van der Waals surface area contributed by atoms with Crippen LogP contribution in [0.2, 0.25) is 0 Å². The van der Waals surface area contributed by atoms with Crippen molar-refractivity contribution in [2.45, 2.75) is 9.96 Å². The summed E-state index contributed by atoms with van der Waals surface area (Å²) in [7, 11) is 0. The lowest BCUT2D eigenvalue weighted by Gasteiger charge is -2.27. The first-order valence-corrected chi connectivity index (χ1v) is 9.45. The maximum absolute atomic E-state index is 13.8. The fraction of sp³-hybridized carbons (Fsp3) is 0.125. The molecule has 26 heavy (non-hydrogen) atoms. The lowest BCUT2D eigenvalue weighted by Crippen LogP contribution is -2.56. The maximum atomic E-state index is 13.8. The molecule has 0 fully saturated rings. The van der Waals surface area contributed by atoms with E-state index in [-0.39, 0.29) is 10.7 Å². The smallest absolute Gasteiger partial charge is 0.255 e. The summed E-state index contributed by atoms with van der Waals surface area (Å²) in [6.07, 6.45) is -1.20. The number of rotatable bonds is 4. The number of hydrogen-bond donors (Lipinski definition) is 3. The van der Waals surface area contributed by atoms with Gasteiger partial charge in [0.05, 0.1) is 5.56 Å². The number of alkyl halides is 3. The fourth-order valence-corrected chi connectivity index (χ4v) is 2.88. The molecule has 0 aliphatic carbocycles. The van der Waals surface area contributed by atoms with Gasteiger partial charge in [0.15, 0.2) is 5.11 Å². The first kappa shape index (κ1) is 21.2. The van der Waals surface area contributed by atoms with E-state index >= 15 is 0 Å². The van der Waals surface area contributed by atoms with Crippen molar-refractivity contribution in [3.8, 4) is 0 Å². The second kappa shape index (κ2) is 9.19. The molecular formula is C16H12BrCl3FN3OS. The predicted molar refractivity (Wildman–Crippen MR) is 111 cm³/mol. The summed E-state index contributed by atoms with van der Waals surface area (Å²) in [6.45, 7) is 0. The molecule has 0 aliphatic heterocycles. The molecule has 0 aliphatic rings. The Labute approximate surface area is 178 Å². The van der Waals surface area contributed by atoms with Crippen LogP contribution in [-0.4, -0.2) is 21.0 Å². The molecule has 0 spiro atoms. The zero-order chi connectivity index (χ0) is 19.3. The van der Waals surface area contributed by atoms with E-state index in [1.807, 2.05) is 6.07 Å². The lowest BCUT2D eigenvalue weighted by molar-refractivity contribution is 0.0930. The molecule has 0 unspecified atom stereocenters. The number of carbonyl (C=O) groups is 1. The first-order valence-electron chi connectivity index (χ1n) is 7.12. The molecule has 0 saturated carbocycles. The molecule has 2 aromatic rings. The number of anilines is 1. The van der Waals surface area contributed by atoms with Crippen molar-refractivity contribution < 1.29 is 9.18 Å². The topological polar surface area (TPSA) is 53.2 Å². The van der Waals surface area contributed by atoms with Gasteiger partial charge in [-0.2, -0.15) is 0 Å². The fourth-order valence-electron chi connectivity index (χ4n) is 1.92. The minimum absolute atomic E-state index is 0.105. The average Bonchev–Trinajstić information content (AvgIpc) is 2.53. The Hall–Kier alpha value is -1.12. The summed E-state index contributed by atoms with van der Waals surface area (Å²) in [6, 6.07) is 12.7. The third-order valence-corrected chi connectivity index (χ3v) is 4.45. The van der Waals surface area contributed by atoms with Gasteiger partial charge in [0.2, 0.25) is 3.79 Å². The van der Waals surface area contributed by atoms with E-state index in [1.165, 1.54) is 18.2 Å². The van der Waals surface area contributed by atoms with Crippen molar-refractivity contribution in [3.05, 3.63) is 64.4 Å². The zero-order valence-electron chi connectivity index (χ0n) is 12.9. The molecule has 1 amide bonds. The molecule has 0 saturated heterocycles. The summed E-state index contributed by atoms with van der Waals surface area (Å²) in [5.41, 5.74) is 0.500. The predicted octanol–water partition coefficient (Wildman–Crippen LogP) is 5.00.